The molecule has 0 saturated heterocycles. The highest BCUT2D eigenvalue weighted by molar-refractivity contribution is 7.99. The maximum absolute atomic E-state index is 5.38. The maximum Gasteiger partial charge on any atom is 0.169 e. The van der Waals surface area contributed by atoms with Gasteiger partial charge in [0.2, 0.25) is 0 Å². The fraction of sp³-hybridized carbons (Fsp3) is 0.148. The van der Waals surface area contributed by atoms with Gasteiger partial charge in [-0.3, -0.25) is 0 Å². The zero-order valence-electron chi connectivity index (χ0n) is 17.4. The summed E-state index contributed by atoms with van der Waals surface area (Å²) in [7, 11) is 1.71. The average Bonchev–Trinajstić information content (AvgIpc) is 2.82. The van der Waals surface area contributed by atoms with Gasteiger partial charge in [0.25, 0.3) is 0 Å². The van der Waals surface area contributed by atoms with Crippen LogP contribution in [-0.2, 0) is 12.3 Å². The molecule has 1 aliphatic rings. The Balaban J connectivity index is 1.49. The molecule has 1 atom stereocenters. The lowest BCUT2D eigenvalue weighted by Crippen LogP contribution is -2.40. The third kappa shape index (κ3) is 4.44. The summed E-state index contributed by atoms with van der Waals surface area (Å²) < 4.78 is 5.38. The van der Waals surface area contributed by atoms with Gasteiger partial charge in [0.15, 0.2) is 5.50 Å². The first-order valence-corrected chi connectivity index (χ1v) is 11.5. The second-order valence-electron chi connectivity index (χ2n) is 7.66. The van der Waals surface area contributed by atoms with Crippen molar-refractivity contribution in [3.8, 4) is 5.75 Å². The molecule has 4 heteroatoms. The number of hydrogen-bond acceptors (Lipinski definition) is 4. The molecule has 1 heterocycles. The van der Waals surface area contributed by atoms with Gasteiger partial charge in [-0.15, -0.1) is 11.8 Å². The largest absolute Gasteiger partial charge is 0.497 e. The molecular weight excluding hydrogens is 400 g/mol. The van der Waals surface area contributed by atoms with Gasteiger partial charge in [-0.1, -0.05) is 66.7 Å². The molecule has 0 aliphatic carbocycles. The number of thioether (sulfide) groups is 1. The molecule has 1 aliphatic heterocycles. The van der Waals surface area contributed by atoms with Crippen LogP contribution in [0.1, 0.15) is 11.1 Å². The number of hydrogen-bond donors (Lipinski definition) is 0. The topological polar surface area (TPSA) is 24.8 Å². The SMILES string of the molecule is COc1cccc(CSC2N=c3cc4ccccc4cc3=CN2Cc2ccccc2)c1. The molecule has 0 spiro atoms. The standard InChI is InChI=1S/C27H24N2OS/c1-30-25-13-7-10-21(14-25)19-31-27-28-26-16-23-12-6-5-11-22(23)15-24(26)18-29(27)17-20-8-3-2-4-9-20/h2-16,18,27H,17,19H2,1H3. The molecule has 0 saturated carbocycles. The van der Waals surface area contributed by atoms with Gasteiger partial charge in [0.1, 0.15) is 5.75 Å². The highest BCUT2D eigenvalue weighted by atomic mass is 32.2. The number of fused-ring (bicyclic) bond motifs is 2. The van der Waals surface area contributed by atoms with Crippen LogP contribution < -0.4 is 15.3 Å². The summed E-state index contributed by atoms with van der Waals surface area (Å²) in [6.45, 7) is 0.826. The van der Waals surface area contributed by atoms with Gasteiger partial charge in [0, 0.05) is 23.7 Å². The van der Waals surface area contributed by atoms with E-state index < -0.39 is 0 Å². The number of ether oxygens (including phenoxy) is 1. The zero-order valence-corrected chi connectivity index (χ0v) is 18.3. The third-order valence-corrected chi connectivity index (χ3v) is 6.65. The van der Waals surface area contributed by atoms with E-state index in [1.165, 1.54) is 27.1 Å². The third-order valence-electron chi connectivity index (χ3n) is 5.47. The van der Waals surface area contributed by atoms with Gasteiger partial charge in [-0.2, -0.15) is 0 Å². The molecule has 1 unspecified atom stereocenters. The van der Waals surface area contributed by atoms with Crippen LogP contribution in [0.25, 0.3) is 17.0 Å². The Morgan fingerprint density at radius 2 is 1.58 bits per heavy atom. The average molecular weight is 425 g/mol. The normalized spacial score (nSPS) is 15.1. The summed E-state index contributed by atoms with van der Waals surface area (Å²) >= 11 is 1.84. The second kappa shape index (κ2) is 8.86. The van der Waals surface area contributed by atoms with E-state index >= 15 is 0 Å². The van der Waals surface area contributed by atoms with Crippen molar-refractivity contribution in [2.45, 2.75) is 17.8 Å². The Hall–Kier alpha value is -3.24. The van der Waals surface area contributed by atoms with E-state index in [4.69, 9.17) is 9.73 Å². The van der Waals surface area contributed by atoms with Gasteiger partial charge in [-0.05, 0) is 46.2 Å². The van der Waals surface area contributed by atoms with Crippen LogP contribution in [-0.4, -0.2) is 17.5 Å². The van der Waals surface area contributed by atoms with Crippen molar-refractivity contribution in [1.82, 2.24) is 4.90 Å². The highest BCUT2D eigenvalue weighted by Crippen LogP contribution is 2.26. The molecule has 0 bridgehead atoms. The van der Waals surface area contributed by atoms with Crippen molar-refractivity contribution < 1.29 is 4.74 Å². The molecule has 0 aromatic heterocycles. The Kier molecular flexibility index (Phi) is 5.63. The summed E-state index contributed by atoms with van der Waals surface area (Å²) in [5.41, 5.74) is 2.54. The predicted octanol–water partition coefficient (Wildman–Crippen LogP) is 4.94. The van der Waals surface area contributed by atoms with Crippen LogP contribution in [0.5, 0.6) is 5.75 Å². The minimum Gasteiger partial charge on any atom is -0.497 e. The quantitative estimate of drug-likeness (QED) is 0.438. The van der Waals surface area contributed by atoms with E-state index in [1.54, 1.807) is 7.11 Å². The van der Waals surface area contributed by atoms with Gasteiger partial charge < -0.3 is 9.64 Å². The Labute approximate surface area is 186 Å². The summed E-state index contributed by atoms with van der Waals surface area (Å²) in [5.74, 6) is 1.76. The summed E-state index contributed by atoms with van der Waals surface area (Å²) in [6.07, 6.45) is 2.27. The van der Waals surface area contributed by atoms with E-state index in [0.29, 0.717) is 0 Å². The van der Waals surface area contributed by atoms with E-state index in [-0.39, 0.29) is 5.50 Å². The molecule has 4 aromatic carbocycles. The van der Waals surface area contributed by atoms with E-state index in [1.807, 2.05) is 23.9 Å². The first-order valence-electron chi connectivity index (χ1n) is 10.4. The first kappa shape index (κ1) is 19.7. The van der Waals surface area contributed by atoms with Crippen molar-refractivity contribution >= 4 is 28.7 Å². The first-order chi connectivity index (χ1) is 15.3. The molecule has 0 amide bonds. The number of nitrogens with zero attached hydrogens (tertiary/aromatic N) is 2. The van der Waals surface area contributed by atoms with Crippen molar-refractivity contribution in [3.05, 3.63) is 113 Å². The molecule has 0 N–H and O–H groups in total. The number of rotatable bonds is 6. The summed E-state index contributed by atoms with van der Waals surface area (Å²) in [5, 5.41) is 4.71. The van der Waals surface area contributed by atoms with Crippen molar-refractivity contribution in [2.24, 2.45) is 4.99 Å². The molecular formula is C27H24N2OS. The van der Waals surface area contributed by atoms with Crippen LogP contribution in [0.2, 0.25) is 0 Å². The molecule has 5 rings (SSSR count). The van der Waals surface area contributed by atoms with Crippen LogP contribution in [0.15, 0.2) is 96.0 Å². The lowest BCUT2D eigenvalue weighted by atomic mass is 10.1. The maximum atomic E-state index is 5.38. The van der Waals surface area contributed by atoms with Crippen molar-refractivity contribution in [2.75, 3.05) is 7.11 Å². The van der Waals surface area contributed by atoms with Gasteiger partial charge in [0.05, 0.1) is 12.5 Å². The van der Waals surface area contributed by atoms with Crippen LogP contribution in [0.4, 0.5) is 0 Å². The fourth-order valence-electron chi connectivity index (χ4n) is 3.88. The number of methoxy groups -OCH3 is 1. The Morgan fingerprint density at radius 3 is 2.39 bits per heavy atom. The molecule has 4 aromatic rings. The lowest BCUT2D eigenvalue weighted by Gasteiger charge is -2.30. The van der Waals surface area contributed by atoms with Crippen LogP contribution in [0.3, 0.4) is 0 Å². The summed E-state index contributed by atoms with van der Waals surface area (Å²) in [4.78, 5) is 7.50. The van der Waals surface area contributed by atoms with Crippen LogP contribution in [0, 0.1) is 0 Å². The van der Waals surface area contributed by atoms with Gasteiger partial charge in [-0.25, -0.2) is 4.99 Å². The van der Waals surface area contributed by atoms with E-state index in [9.17, 15) is 0 Å². The number of benzene rings is 4. The van der Waals surface area contributed by atoms with Crippen molar-refractivity contribution in [3.63, 3.8) is 0 Å². The van der Waals surface area contributed by atoms with Crippen molar-refractivity contribution in [1.29, 1.82) is 0 Å². The molecule has 0 fully saturated rings. The van der Waals surface area contributed by atoms with E-state index in [0.717, 1.165) is 23.4 Å². The smallest absolute Gasteiger partial charge is 0.169 e. The second-order valence-corrected chi connectivity index (χ2v) is 8.71. The minimum atomic E-state index is 0.0140. The fourth-order valence-corrected chi connectivity index (χ4v) is 4.92. The molecule has 3 nitrogen and oxygen atoms in total. The zero-order chi connectivity index (χ0) is 21.0. The Morgan fingerprint density at radius 1 is 0.839 bits per heavy atom. The predicted molar refractivity (Wildman–Crippen MR) is 129 cm³/mol. The summed E-state index contributed by atoms with van der Waals surface area (Å²) in [6, 6.07) is 31.8. The molecule has 31 heavy (non-hydrogen) atoms. The highest BCUT2D eigenvalue weighted by Gasteiger charge is 2.19. The molecule has 154 valence electrons. The molecule has 0 radical (unpaired) electrons. The minimum absolute atomic E-state index is 0.0140. The monoisotopic (exact) mass is 424 g/mol. The lowest BCUT2D eigenvalue weighted by molar-refractivity contribution is 0.377. The van der Waals surface area contributed by atoms with Gasteiger partial charge >= 0.3 is 0 Å². The van der Waals surface area contributed by atoms with E-state index in [2.05, 4.69) is 90.0 Å². The Bertz CT molecular complexity index is 1320. The van der Waals surface area contributed by atoms with Crippen LogP contribution >= 0.6 is 11.8 Å².